The van der Waals surface area contributed by atoms with E-state index in [1.54, 1.807) is 0 Å². The molecule has 0 spiro atoms. The van der Waals surface area contributed by atoms with Crippen molar-refractivity contribution in [2.24, 2.45) is 0 Å². The lowest BCUT2D eigenvalue weighted by molar-refractivity contribution is -0.143. The van der Waals surface area contributed by atoms with Crippen molar-refractivity contribution < 1.29 is 9.90 Å². The van der Waals surface area contributed by atoms with Gasteiger partial charge in [-0.25, -0.2) is 0 Å². The summed E-state index contributed by atoms with van der Waals surface area (Å²) in [6, 6.07) is 6.05. The van der Waals surface area contributed by atoms with Crippen LogP contribution in [0.5, 0.6) is 0 Å². The van der Waals surface area contributed by atoms with E-state index in [0.29, 0.717) is 5.92 Å². The molecule has 3 heteroatoms. The van der Waals surface area contributed by atoms with Gasteiger partial charge in [0, 0.05) is 5.02 Å². The van der Waals surface area contributed by atoms with Crippen LogP contribution in [-0.2, 0) is 10.2 Å². The average Bonchev–Trinajstić information content (AvgIpc) is 2.99. The Bertz CT molecular complexity index is 526. The zero-order valence-electron chi connectivity index (χ0n) is 12.4. The van der Waals surface area contributed by atoms with Crippen LogP contribution in [0.2, 0.25) is 5.02 Å². The highest BCUT2D eigenvalue weighted by Gasteiger charge is 2.43. The fourth-order valence-electron chi connectivity index (χ4n) is 4.17. The monoisotopic (exact) mass is 306 g/mol. The Balaban J connectivity index is 1.91. The van der Waals surface area contributed by atoms with Gasteiger partial charge in [0.05, 0.1) is 5.41 Å². The number of hydrogen-bond acceptors (Lipinski definition) is 1. The van der Waals surface area contributed by atoms with Crippen LogP contribution in [0.15, 0.2) is 18.2 Å². The molecule has 2 aliphatic rings. The van der Waals surface area contributed by atoms with Gasteiger partial charge in [0.15, 0.2) is 0 Å². The van der Waals surface area contributed by atoms with Crippen molar-refractivity contribution in [3.63, 3.8) is 0 Å². The van der Waals surface area contributed by atoms with Crippen molar-refractivity contribution in [1.82, 2.24) is 0 Å². The van der Waals surface area contributed by atoms with Crippen LogP contribution in [0.1, 0.15) is 74.8 Å². The fourth-order valence-corrected chi connectivity index (χ4v) is 4.51. The van der Waals surface area contributed by atoms with Gasteiger partial charge in [0.1, 0.15) is 0 Å². The number of benzene rings is 1. The normalized spacial score (nSPS) is 22.3. The minimum absolute atomic E-state index is 0.560. The molecule has 3 rings (SSSR count). The molecular formula is C18H23ClO2. The average molecular weight is 307 g/mol. The van der Waals surface area contributed by atoms with E-state index in [2.05, 4.69) is 6.07 Å². The molecule has 0 aromatic heterocycles. The number of carboxylic acids is 1. The lowest BCUT2D eigenvalue weighted by Crippen LogP contribution is -2.32. The van der Waals surface area contributed by atoms with Gasteiger partial charge in [0.25, 0.3) is 0 Å². The summed E-state index contributed by atoms with van der Waals surface area (Å²) >= 11 is 6.51. The summed E-state index contributed by atoms with van der Waals surface area (Å²) in [4.78, 5) is 11.8. The van der Waals surface area contributed by atoms with Crippen molar-refractivity contribution in [1.29, 1.82) is 0 Å². The van der Waals surface area contributed by atoms with E-state index in [1.807, 2.05) is 12.1 Å². The highest BCUT2D eigenvalue weighted by molar-refractivity contribution is 6.31. The minimum Gasteiger partial charge on any atom is -0.481 e. The largest absolute Gasteiger partial charge is 0.481 e. The molecule has 2 nitrogen and oxygen atoms in total. The van der Waals surface area contributed by atoms with Gasteiger partial charge in [-0.2, -0.15) is 0 Å². The number of carbonyl (C=O) groups is 1. The number of halogens is 1. The van der Waals surface area contributed by atoms with Gasteiger partial charge >= 0.3 is 5.97 Å². The summed E-state index contributed by atoms with van der Waals surface area (Å²) in [7, 11) is 0. The van der Waals surface area contributed by atoms with E-state index >= 15 is 0 Å². The maximum Gasteiger partial charge on any atom is 0.314 e. The predicted octanol–water partition coefficient (Wildman–Crippen LogP) is 5.28. The summed E-state index contributed by atoms with van der Waals surface area (Å²) in [6.07, 6.45) is 9.77. The molecule has 0 bridgehead atoms. The summed E-state index contributed by atoms with van der Waals surface area (Å²) < 4.78 is 0. The molecular weight excluding hydrogens is 284 g/mol. The third kappa shape index (κ3) is 2.70. The van der Waals surface area contributed by atoms with E-state index in [-0.39, 0.29) is 0 Å². The summed E-state index contributed by atoms with van der Waals surface area (Å²) in [5, 5.41) is 10.5. The first-order valence-corrected chi connectivity index (χ1v) is 8.54. The van der Waals surface area contributed by atoms with Gasteiger partial charge in [0.2, 0.25) is 0 Å². The van der Waals surface area contributed by atoms with Crippen molar-refractivity contribution >= 4 is 17.6 Å². The third-order valence-corrected chi connectivity index (χ3v) is 5.79. The topological polar surface area (TPSA) is 37.3 Å². The second-order valence-electron chi connectivity index (χ2n) is 6.67. The number of carboxylic acid groups (broad SMARTS) is 1. The molecule has 0 heterocycles. The zero-order chi connectivity index (χ0) is 14.9. The van der Waals surface area contributed by atoms with Crippen molar-refractivity contribution in [2.75, 3.05) is 0 Å². The first kappa shape index (κ1) is 14.9. The first-order valence-electron chi connectivity index (χ1n) is 8.17. The second-order valence-corrected chi connectivity index (χ2v) is 7.07. The highest BCUT2D eigenvalue weighted by atomic mass is 35.5. The molecule has 21 heavy (non-hydrogen) atoms. The van der Waals surface area contributed by atoms with E-state index in [0.717, 1.165) is 36.3 Å². The summed E-state index contributed by atoms with van der Waals surface area (Å²) in [5.74, 6) is -0.133. The molecule has 1 aromatic rings. The third-order valence-electron chi connectivity index (χ3n) is 5.46. The molecule has 2 aliphatic carbocycles. The molecule has 0 aliphatic heterocycles. The van der Waals surface area contributed by atoms with E-state index < -0.39 is 11.4 Å². The van der Waals surface area contributed by atoms with Crippen LogP contribution in [0, 0.1) is 0 Å². The number of hydrogen-bond donors (Lipinski definition) is 1. The quantitative estimate of drug-likeness (QED) is 0.824. The number of aliphatic carboxylic acids is 1. The smallest absolute Gasteiger partial charge is 0.314 e. The maximum absolute atomic E-state index is 11.8. The molecule has 1 N–H and O–H groups in total. The Hall–Kier alpha value is -1.02. The molecule has 0 unspecified atom stereocenters. The van der Waals surface area contributed by atoms with Gasteiger partial charge in [-0.1, -0.05) is 55.8 Å². The Morgan fingerprint density at radius 1 is 1.10 bits per heavy atom. The van der Waals surface area contributed by atoms with Crippen LogP contribution in [0.4, 0.5) is 0 Å². The van der Waals surface area contributed by atoms with Gasteiger partial charge in [-0.15, -0.1) is 0 Å². The Labute approximate surface area is 131 Å². The fraction of sp³-hybridized carbons (Fsp3) is 0.611. The van der Waals surface area contributed by atoms with E-state index in [4.69, 9.17) is 11.6 Å². The zero-order valence-corrected chi connectivity index (χ0v) is 13.2. The van der Waals surface area contributed by atoms with Crippen LogP contribution in [0.3, 0.4) is 0 Å². The number of rotatable bonds is 3. The van der Waals surface area contributed by atoms with Crippen molar-refractivity contribution in [2.45, 2.75) is 69.1 Å². The predicted molar refractivity (Wildman–Crippen MR) is 85.1 cm³/mol. The standard InChI is InChI=1S/C18H23ClO2/c19-16-12-14(18(17(20)21)10-4-5-11-18)8-9-15(16)13-6-2-1-3-7-13/h8-9,12-13H,1-7,10-11H2,(H,20,21). The SMILES string of the molecule is O=C(O)C1(c2ccc(C3CCCCC3)c(Cl)c2)CCCC1. The lowest BCUT2D eigenvalue weighted by Gasteiger charge is -2.27. The molecule has 2 saturated carbocycles. The molecule has 1 aromatic carbocycles. The molecule has 0 saturated heterocycles. The van der Waals surface area contributed by atoms with E-state index in [1.165, 1.54) is 37.7 Å². The highest BCUT2D eigenvalue weighted by Crippen LogP contribution is 2.44. The van der Waals surface area contributed by atoms with E-state index in [9.17, 15) is 9.90 Å². The maximum atomic E-state index is 11.8. The van der Waals surface area contributed by atoms with Crippen LogP contribution in [0.25, 0.3) is 0 Å². The molecule has 0 amide bonds. The first-order chi connectivity index (χ1) is 10.1. The molecule has 2 fully saturated rings. The van der Waals surface area contributed by atoms with Crippen LogP contribution < -0.4 is 0 Å². The second kappa shape index (κ2) is 6.00. The lowest BCUT2D eigenvalue weighted by atomic mass is 9.77. The summed E-state index contributed by atoms with van der Waals surface area (Å²) in [6.45, 7) is 0. The molecule has 114 valence electrons. The Morgan fingerprint density at radius 2 is 1.76 bits per heavy atom. The van der Waals surface area contributed by atoms with Crippen LogP contribution in [-0.4, -0.2) is 11.1 Å². The van der Waals surface area contributed by atoms with Crippen molar-refractivity contribution in [3.8, 4) is 0 Å². The van der Waals surface area contributed by atoms with Gasteiger partial charge in [-0.3, -0.25) is 4.79 Å². The van der Waals surface area contributed by atoms with Crippen molar-refractivity contribution in [3.05, 3.63) is 34.3 Å². The Morgan fingerprint density at radius 3 is 2.33 bits per heavy atom. The minimum atomic E-state index is -0.700. The van der Waals surface area contributed by atoms with Gasteiger partial charge in [-0.05, 0) is 48.8 Å². The van der Waals surface area contributed by atoms with Crippen LogP contribution >= 0.6 is 11.6 Å². The van der Waals surface area contributed by atoms with Gasteiger partial charge < -0.3 is 5.11 Å². The summed E-state index contributed by atoms with van der Waals surface area (Å²) in [5.41, 5.74) is 1.42. The molecule has 0 radical (unpaired) electrons. The Kier molecular flexibility index (Phi) is 4.26. The molecule has 0 atom stereocenters.